The van der Waals surface area contributed by atoms with Gasteiger partial charge in [0, 0.05) is 31.2 Å². The van der Waals surface area contributed by atoms with Crippen molar-refractivity contribution >= 4 is 20.0 Å². The molecule has 0 N–H and O–H groups in total. The highest BCUT2D eigenvalue weighted by Gasteiger charge is 2.32. The average Bonchev–Trinajstić information content (AvgIpc) is 2.88. The molecule has 1 aliphatic carbocycles. The lowest BCUT2D eigenvalue weighted by Gasteiger charge is -2.32. The number of rotatable bonds is 9. The second-order valence-corrected chi connectivity index (χ2v) is 13.5. The SMILES string of the molecule is CC1CCCCN1S(=O)(=O)c1ccc(S(=O)(=O)N(CCC2=CCCCC2)Cc2ccccc2F)cc1. The van der Waals surface area contributed by atoms with Crippen molar-refractivity contribution in [3.05, 3.63) is 71.6 Å². The molecular formula is C27H35FN2O4S2. The first-order chi connectivity index (χ1) is 17.2. The van der Waals surface area contributed by atoms with E-state index >= 15 is 0 Å². The second kappa shape index (κ2) is 11.5. The maximum atomic E-state index is 14.4. The molecule has 4 rings (SSSR count). The number of allylic oxidation sites excluding steroid dienone is 1. The van der Waals surface area contributed by atoms with E-state index in [1.54, 1.807) is 18.2 Å². The molecule has 196 valence electrons. The van der Waals surface area contributed by atoms with Gasteiger partial charge < -0.3 is 0 Å². The van der Waals surface area contributed by atoms with Gasteiger partial charge in [0.2, 0.25) is 20.0 Å². The Morgan fingerprint density at radius 1 is 0.944 bits per heavy atom. The quantitative estimate of drug-likeness (QED) is 0.400. The van der Waals surface area contributed by atoms with Crippen LogP contribution in [-0.4, -0.2) is 44.6 Å². The average molecular weight is 535 g/mol. The van der Waals surface area contributed by atoms with E-state index in [1.165, 1.54) is 44.5 Å². The Labute approximate surface area is 214 Å². The molecule has 2 aromatic carbocycles. The minimum atomic E-state index is -3.98. The van der Waals surface area contributed by atoms with Crippen LogP contribution in [0.3, 0.4) is 0 Å². The van der Waals surface area contributed by atoms with Crippen molar-refractivity contribution in [2.75, 3.05) is 13.1 Å². The second-order valence-electron chi connectivity index (χ2n) is 9.72. The van der Waals surface area contributed by atoms with Crippen molar-refractivity contribution < 1.29 is 21.2 Å². The van der Waals surface area contributed by atoms with Gasteiger partial charge in [-0.2, -0.15) is 8.61 Å². The van der Waals surface area contributed by atoms with E-state index in [0.717, 1.165) is 44.9 Å². The summed E-state index contributed by atoms with van der Waals surface area (Å²) in [4.78, 5) is 0.0883. The summed E-state index contributed by atoms with van der Waals surface area (Å²) in [6.45, 7) is 2.51. The zero-order valence-corrected chi connectivity index (χ0v) is 22.4. The predicted molar refractivity (Wildman–Crippen MR) is 139 cm³/mol. The Bertz CT molecular complexity index is 1290. The molecular weight excluding hydrogens is 499 g/mol. The van der Waals surface area contributed by atoms with Crippen LogP contribution in [0.25, 0.3) is 0 Å². The fourth-order valence-corrected chi connectivity index (χ4v) is 8.12. The van der Waals surface area contributed by atoms with Gasteiger partial charge in [-0.1, -0.05) is 36.3 Å². The summed E-state index contributed by atoms with van der Waals surface area (Å²) in [5.74, 6) is -0.452. The van der Waals surface area contributed by atoms with Crippen molar-refractivity contribution in [3.8, 4) is 0 Å². The molecule has 1 unspecified atom stereocenters. The van der Waals surface area contributed by atoms with Gasteiger partial charge in [0.05, 0.1) is 9.79 Å². The van der Waals surface area contributed by atoms with Crippen molar-refractivity contribution in [2.24, 2.45) is 0 Å². The van der Waals surface area contributed by atoms with Gasteiger partial charge in [0.15, 0.2) is 0 Å². The van der Waals surface area contributed by atoms with E-state index < -0.39 is 25.9 Å². The van der Waals surface area contributed by atoms with Crippen LogP contribution in [0.15, 0.2) is 70.0 Å². The van der Waals surface area contributed by atoms with Gasteiger partial charge in [-0.15, -0.1) is 0 Å². The number of sulfonamides is 2. The van der Waals surface area contributed by atoms with Gasteiger partial charge in [-0.05, 0) is 82.2 Å². The molecule has 1 fully saturated rings. The highest BCUT2D eigenvalue weighted by Crippen LogP contribution is 2.28. The first kappa shape index (κ1) is 27.0. The fourth-order valence-electron chi connectivity index (χ4n) is 5.00. The zero-order valence-electron chi connectivity index (χ0n) is 20.8. The number of halogens is 1. The summed E-state index contributed by atoms with van der Waals surface area (Å²) in [5.41, 5.74) is 1.53. The van der Waals surface area contributed by atoms with E-state index in [0.29, 0.717) is 18.5 Å². The largest absolute Gasteiger partial charge is 0.243 e. The van der Waals surface area contributed by atoms with Crippen LogP contribution >= 0.6 is 0 Å². The lowest BCUT2D eigenvalue weighted by atomic mass is 9.97. The molecule has 0 aromatic heterocycles. The van der Waals surface area contributed by atoms with Crippen molar-refractivity contribution in [1.82, 2.24) is 8.61 Å². The first-order valence-electron chi connectivity index (χ1n) is 12.7. The molecule has 1 saturated heterocycles. The number of piperidine rings is 1. The normalized spacial score (nSPS) is 19.9. The van der Waals surface area contributed by atoms with Crippen LogP contribution in [0.5, 0.6) is 0 Å². The molecule has 1 aliphatic heterocycles. The topological polar surface area (TPSA) is 74.8 Å². The molecule has 1 atom stereocenters. The third kappa shape index (κ3) is 6.07. The number of hydrogen-bond acceptors (Lipinski definition) is 4. The summed E-state index contributed by atoms with van der Waals surface area (Å²) in [6, 6.07) is 11.5. The Balaban J connectivity index is 1.59. The van der Waals surface area contributed by atoms with Gasteiger partial charge in [-0.3, -0.25) is 0 Å². The molecule has 0 saturated carbocycles. The van der Waals surface area contributed by atoms with Crippen LogP contribution in [0.4, 0.5) is 4.39 Å². The number of hydrogen-bond donors (Lipinski definition) is 0. The van der Waals surface area contributed by atoms with Crippen LogP contribution in [0.1, 0.15) is 63.9 Å². The van der Waals surface area contributed by atoms with E-state index in [9.17, 15) is 21.2 Å². The Kier molecular flexibility index (Phi) is 8.65. The Morgan fingerprint density at radius 2 is 1.67 bits per heavy atom. The summed E-state index contributed by atoms with van der Waals surface area (Å²) in [6.07, 6.45) is 9.59. The molecule has 6 nitrogen and oxygen atoms in total. The monoisotopic (exact) mass is 534 g/mol. The van der Waals surface area contributed by atoms with Crippen molar-refractivity contribution in [1.29, 1.82) is 0 Å². The summed E-state index contributed by atoms with van der Waals surface area (Å²) in [5, 5.41) is 0. The molecule has 9 heteroatoms. The van der Waals surface area contributed by atoms with Crippen LogP contribution < -0.4 is 0 Å². The standard InChI is InChI=1S/C27H35FN2O4S2/c1-22-9-7-8-19-30(22)36(33,34)26-16-14-25(15-17-26)35(31,32)29(20-18-23-10-3-2-4-11-23)21-24-12-5-6-13-27(24)28/h5-6,10,12-17,22H,2-4,7-9,11,18-21H2,1H3. The lowest BCUT2D eigenvalue weighted by Crippen LogP contribution is -2.41. The molecule has 0 spiro atoms. The number of benzene rings is 2. The maximum absolute atomic E-state index is 14.4. The molecule has 1 heterocycles. The van der Waals surface area contributed by atoms with E-state index in [2.05, 4.69) is 6.08 Å². The fraction of sp³-hybridized carbons (Fsp3) is 0.481. The smallest absolute Gasteiger partial charge is 0.207 e. The van der Waals surface area contributed by atoms with E-state index in [1.807, 2.05) is 6.92 Å². The number of nitrogens with zero attached hydrogens (tertiary/aromatic N) is 2. The summed E-state index contributed by atoms with van der Waals surface area (Å²) >= 11 is 0. The molecule has 0 radical (unpaired) electrons. The molecule has 0 amide bonds. The van der Waals surface area contributed by atoms with Crippen molar-refractivity contribution in [2.45, 2.75) is 80.7 Å². The molecule has 2 aromatic rings. The molecule has 0 bridgehead atoms. The van der Waals surface area contributed by atoms with E-state index in [-0.39, 0.29) is 28.9 Å². The maximum Gasteiger partial charge on any atom is 0.243 e. The van der Waals surface area contributed by atoms with Gasteiger partial charge in [0.25, 0.3) is 0 Å². The third-order valence-corrected chi connectivity index (χ3v) is 11.1. The predicted octanol–water partition coefficient (Wildman–Crippen LogP) is 5.47. The zero-order chi connectivity index (χ0) is 25.8. The van der Waals surface area contributed by atoms with Gasteiger partial charge in [-0.25, -0.2) is 21.2 Å². The molecule has 36 heavy (non-hydrogen) atoms. The van der Waals surface area contributed by atoms with Gasteiger partial charge >= 0.3 is 0 Å². The Morgan fingerprint density at radius 3 is 2.33 bits per heavy atom. The van der Waals surface area contributed by atoms with Crippen LogP contribution in [-0.2, 0) is 26.6 Å². The minimum absolute atomic E-state index is 0.00195. The third-order valence-electron chi connectivity index (χ3n) is 7.18. The Hall–Kier alpha value is -2.07. The lowest BCUT2D eigenvalue weighted by molar-refractivity contribution is 0.268. The van der Waals surface area contributed by atoms with Gasteiger partial charge in [0.1, 0.15) is 5.82 Å². The first-order valence-corrected chi connectivity index (χ1v) is 15.6. The summed E-state index contributed by atoms with van der Waals surface area (Å²) in [7, 11) is -7.69. The van der Waals surface area contributed by atoms with Crippen molar-refractivity contribution in [3.63, 3.8) is 0 Å². The highest BCUT2D eigenvalue weighted by molar-refractivity contribution is 7.89. The van der Waals surface area contributed by atoms with Crippen LogP contribution in [0, 0.1) is 5.82 Å². The highest BCUT2D eigenvalue weighted by atomic mass is 32.2. The minimum Gasteiger partial charge on any atom is -0.207 e. The van der Waals surface area contributed by atoms with E-state index in [4.69, 9.17) is 0 Å². The molecule has 2 aliphatic rings. The summed E-state index contributed by atoms with van der Waals surface area (Å²) < 4.78 is 70.9. The van der Waals surface area contributed by atoms with Crippen LogP contribution in [0.2, 0.25) is 0 Å².